The Morgan fingerprint density at radius 1 is 1.05 bits per heavy atom. The Morgan fingerprint density at radius 2 is 1.80 bits per heavy atom. The third kappa shape index (κ3) is 2.02. The predicted molar refractivity (Wildman–Crippen MR) is 82.4 cm³/mol. The summed E-state index contributed by atoms with van der Waals surface area (Å²) in [5.74, 6) is 0. The normalized spacial score (nSPS) is 10.9. The van der Waals surface area contributed by atoms with Crippen molar-refractivity contribution in [2.24, 2.45) is 0 Å². The van der Waals surface area contributed by atoms with Crippen molar-refractivity contribution in [1.82, 2.24) is 0 Å². The number of halogens is 1. The fraction of sp³-hybridized carbons (Fsp3) is 0.118. The molecule has 0 atom stereocenters. The number of benzene rings is 2. The molecule has 3 heteroatoms. The van der Waals surface area contributed by atoms with Crippen LogP contribution in [0, 0.1) is 13.8 Å². The molecule has 0 aliphatic heterocycles. The largest absolute Gasteiger partial charge is 0.422 e. The Labute approximate surface area is 121 Å². The minimum Gasteiger partial charge on any atom is -0.422 e. The van der Waals surface area contributed by atoms with Crippen LogP contribution in [-0.4, -0.2) is 0 Å². The fourth-order valence-electron chi connectivity index (χ4n) is 2.44. The smallest absolute Gasteiger partial charge is 0.344 e. The highest BCUT2D eigenvalue weighted by molar-refractivity contribution is 6.33. The number of rotatable bonds is 1. The zero-order valence-corrected chi connectivity index (χ0v) is 12.0. The Balaban J connectivity index is 2.41. The van der Waals surface area contributed by atoms with Gasteiger partial charge in [-0.2, -0.15) is 0 Å². The second kappa shape index (κ2) is 4.80. The lowest BCUT2D eigenvalue weighted by Crippen LogP contribution is -2.06. The van der Waals surface area contributed by atoms with Gasteiger partial charge in [-0.25, -0.2) is 4.79 Å². The molecule has 1 aromatic heterocycles. The highest BCUT2D eigenvalue weighted by Gasteiger charge is 2.15. The zero-order valence-electron chi connectivity index (χ0n) is 11.2. The third-order valence-corrected chi connectivity index (χ3v) is 3.80. The van der Waals surface area contributed by atoms with Crippen LogP contribution in [0.4, 0.5) is 0 Å². The van der Waals surface area contributed by atoms with E-state index in [2.05, 4.69) is 0 Å². The van der Waals surface area contributed by atoms with E-state index in [4.69, 9.17) is 16.0 Å². The van der Waals surface area contributed by atoms with Crippen molar-refractivity contribution >= 4 is 22.6 Å². The molecule has 2 aromatic carbocycles. The molecule has 0 radical (unpaired) electrons. The molecule has 0 aliphatic carbocycles. The third-order valence-electron chi connectivity index (χ3n) is 3.47. The Morgan fingerprint density at radius 3 is 2.55 bits per heavy atom. The van der Waals surface area contributed by atoms with Gasteiger partial charge < -0.3 is 4.42 Å². The molecule has 0 unspecified atom stereocenters. The minimum atomic E-state index is -0.353. The summed E-state index contributed by atoms with van der Waals surface area (Å²) in [6.45, 7) is 3.89. The van der Waals surface area contributed by atoms with Gasteiger partial charge in [-0.1, -0.05) is 41.9 Å². The van der Waals surface area contributed by atoms with Gasteiger partial charge in [0.05, 0.1) is 5.56 Å². The van der Waals surface area contributed by atoms with Crippen molar-refractivity contribution in [2.45, 2.75) is 13.8 Å². The summed E-state index contributed by atoms with van der Waals surface area (Å²) < 4.78 is 5.45. The van der Waals surface area contributed by atoms with Crippen LogP contribution in [0.1, 0.15) is 11.1 Å². The molecule has 0 fully saturated rings. The van der Waals surface area contributed by atoms with E-state index in [1.165, 1.54) is 0 Å². The highest BCUT2D eigenvalue weighted by Crippen LogP contribution is 2.31. The van der Waals surface area contributed by atoms with Gasteiger partial charge in [-0.3, -0.25) is 0 Å². The lowest BCUT2D eigenvalue weighted by Gasteiger charge is -2.09. The van der Waals surface area contributed by atoms with Crippen LogP contribution in [0.15, 0.2) is 51.7 Å². The van der Waals surface area contributed by atoms with Gasteiger partial charge in [0, 0.05) is 16.0 Å². The number of hydrogen-bond donors (Lipinski definition) is 0. The molecule has 0 spiro atoms. The lowest BCUT2D eigenvalue weighted by atomic mass is 9.99. The average molecular weight is 285 g/mol. The lowest BCUT2D eigenvalue weighted by molar-refractivity contribution is 0.562. The van der Waals surface area contributed by atoms with Crippen molar-refractivity contribution < 1.29 is 4.42 Å². The summed E-state index contributed by atoms with van der Waals surface area (Å²) in [5.41, 5.74) is 3.46. The second-order valence-electron chi connectivity index (χ2n) is 4.87. The SMILES string of the molecule is Cc1ccc2c(C)c(-c3ccccc3Cl)c(=O)oc2c1. The van der Waals surface area contributed by atoms with Gasteiger partial charge in [0.1, 0.15) is 5.58 Å². The van der Waals surface area contributed by atoms with Crippen LogP contribution in [0.25, 0.3) is 22.1 Å². The van der Waals surface area contributed by atoms with Gasteiger partial charge >= 0.3 is 5.63 Å². The molecule has 0 aliphatic rings. The first-order chi connectivity index (χ1) is 9.58. The molecule has 1 heterocycles. The molecule has 0 N–H and O–H groups in total. The Kier molecular flexibility index (Phi) is 3.11. The maximum Gasteiger partial charge on any atom is 0.344 e. The molecule has 2 nitrogen and oxygen atoms in total. The molecule has 0 amide bonds. The van der Waals surface area contributed by atoms with Crippen molar-refractivity contribution in [3.05, 3.63) is 69.0 Å². The van der Waals surface area contributed by atoms with E-state index in [1.807, 2.05) is 50.2 Å². The molecule has 3 rings (SSSR count). The zero-order chi connectivity index (χ0) is 14.3. The molecule has 0 saturated carbocycles. The predicted octanol–water partition coefficient (Wildman–Crippen LogP) is 4.73. The maximum atomic E-state index is 12.3. The molecule has 0 saturated heterocycles. The van der Waals surface area contributed by atoms with E-state index < -0.39 is 0 Å². The first-order valence-electron chi connectivity index (χ1n) is 6.37. The van der Waals surface area contributed by atoms with Crippen molar-refractivity contribution in [3.8, 4) is 11.1 Å². The number of hydrogen-bond acceptors (Lipinski definition) is 2. The molecule has 3 aromatic rings. The van der Waals surface area contributed by atoms with Crippen molar-refractivity contribution in [2.75, 3.05) is 0 Å². The highest BCUT2D eigenvalue weighted by atomic mass is 35.5. The molecule has 20 heavy (non-hydrogen) atoms. The second-order valence-corrected chi connectivity index (χ2v) is 5.28. The monoisotopic (exact) mass is 284 g/mol. The van der Waals surface area contributed by atoms with Gasteiger partial charge in [-0.05, 0) is 37.1 Å². The van der Waals surface area contributed by atoms with E-state index >= 15 is 0 Å². The number of aryl methyl sites for hydroxylation is 2. The Hall–Kier alpha value is -2.06. The quantitative estimate of drug-likeness (QED) is 0.605. The summed E-state index contributed by atoms with van der Waals surface area (Å²) in [4.78, 5) is 12.3. The summed E-state index contributed by atoms with van der Waals surface area (Å²) in [7, 11) is 0. The summed E-state index contributed by atoms with van der Waals surface area (Å²) >= 11 is 6.20. The van der Waals surface area contributed by atoms with E-state index in [0.29, 0.717) is 21.7 Å². The van der Waals surface area contributed by atoms with Crippen LogP contribution in [0.3, 0.4) is 0 Å². The van der Waals surface area contributed by atoms with E-state index in [-0.39, 0.29) is 5.63 Å². The minimum absolute atomic E-state index is 0.353. The molecule has 0 bridgehead atoms. The van der Waals surface area contributed by atoms with Crippen LogP contribution < -0.4 is 5.63 Å². The first kappa shape index (κ1) is 12.9. The summed E-state index contributed by atoms with van der Waals surface area (Å²) in [5, 5.41) is 1.49. The standard InChI is InChI=1S/C17H13ClO2/c1-10-7-8-12-11(2)16(17(19)20-15(12)9-10)13-5-3-4-6-14(13)18/h3-9H,1-2H3. The van der Waals surface area contributed by atoms with Gasteiger partial charge in [0.2, 0.25) is 0 Å². The Bertz CT molecular complexity index is 862. The maximum absolute atomic E-state index is 12.3. The van der Waals surface area contributed by atoms with Gasteiger partial charge in [0.25, 0.3) is 0 Å². The first-order valence-corrected chi connectivity index (χ1v) is 6.74. The van der Waals surface area contributed by atoms with E-state index in [0.717, 1.165) is 16.5 Å². The van der Waals surface area contributed by atoms with E-state index in [1.54, 1.807) is 6.07 Å². The van der Waals surface area contributed by atoms with Crippen LogP contribution in [0.2, 0.25) is 5.02 Å². The van der Waals surface area contributed by atoms with Gasteiger partial charge in [-0.15, -0.1) is 0 Å². The van der Waals surface area contributed by atoms with Crippen molar-refractivity contribution in [3.63, 3.8) is 0 Å². The molecular formula is C17H13ClO2. The number of fused-ring (bicyclic) bond motifs is 1. The van der Waals surface area contributed by atoms with Gasteiger partial charge in [0.15, 0.2) is 0 Å². The van der Waals surface area contributed by atoms with Crippen LogP contribution in [0.5, 0.6) is 0 Å². The molecule has 100 valence electrons. The fourth-order valence-corrected chi connectivity index (χ4v) is 2.67. The van der Waals surface area contributed by atoms with Crippen LogP contribution >= 0.6 is 11.6 Å². The van der Waals surface area contributed by atoms with Crippen molar-refractivity contribution in [1.29, 1.82) is 0 Å². The van der Waals surface area contributed by atoms with Crippen LogP contribution in [-0.2, 0) is 0 Å². The topological polar surface area (TPSA) is 30.2 Å². The molecular weight excluding hydrogens is 272 g/mol. The summed E-state index contributed by atoms with van der Waals surface area (Å²) in [6, 6.07) is 13.2. The average Bonchev–Trinajstić information content (AvgIpc) is 2.40. The van der Waals surface area contributed by atoms with E-state index in [9.17, 15) is 4.79 Å². The summed E-state index contributed by atoms with van der Waals surface area (Å²) in [6.07, 6.45) is 0.